The van der Waals surface area contributed by atoms with Gasteiger partial charge in [0.2, 0.25) is 0 Å². The third-order valence-electron chi connectivity index (χ3n) is 3.27. The number of anilines is 1. The van der Waals surface area contributed by atoms with Crippen LogP contribution in [0.2, 0.25) is 0 Å². The number of hydrogen-bond acceptors (Lipinski definition) is 4. The van der Waals surface area contributed by atoms with Crippen LogP contribution in [0, 0.1) is 0 Å². The average molecular weight is 274 g/mol. The number of aromatic nitrogens is 1. The van der Waals surface area contributed by atoms with E-state index in [9.17, 15) is 9.90 Å². The molecule has 1 aromatic carbocycles. The van der Waals surface area contributed by atoms with Gasteiger partial charge >= 0.3 is 5.97 Å². The van der Waals surface area contributed by atoms with Crippen LogP contribution in [0.1, 0.15) is 30.1 Å². The van der Waals surface area contributed by atoms with Crippen LogP contribution in [-0.4, -0.2) is 33.8 Å². The lowest BCUT2D eigenvalue weighted by Crippen LogP contribution is -2.13. The second-order valence-corrected chi connectivity index (χ2v) is 4.65. The number of pyridine rings is 1. The number of aliphatic hydroxyl groups is 1. The lowest BCUT2D eigenvalue weighted by molar-refractivity contribution is 0.0698. The highest BCUT2D eigenvalue weighted by Gasteiger charge is 2.12. The van der Waals surface area contributed by atoms with Crippen molar-refractivity contribution in [3.63, 3.8) is 0 Å². The van der Waals surface area contributed by atoms with Gasteiger partial charge in [-0.1, -0.05) is 31.2 Å². The van der Waals surface area contributed by atoms with Crippen molar-refractivity contribution in [3.05, 3.63) is 36.0 Å². The number of hydrogen-bond donors (Lipinski definition) is 3. The minimum absolute atomic E-state index is 0.194. The zero-order valence-electron chi connectivity index (χ0n) is 11.3. The van der Waals surface area contributed by atoms with E-state index in [4.69, 9.17) is 5.11 Å². The van der Waals surface area contributed by atoms with Gasteiger partial charge in [0.15, 0.2) is 0 Å². The highest BCUT2D eigenvalue weighted by Crippen LogP contribution is 2.24. The van der Waals surface area contributed by atoms with Crippen LogP contribution in [0.5, 0.6) is 0 Å². The summed E-state index contributed by atoms with van der Waals surface area (Å²) >= 11 is 0. The van der Waals surface area contributed by atoms with E-state index in [1.54, 1.807) is 12.1 Å². The summed E-state index contributed by atoms with van der Waals surface area (Å²) in [5.74, 6) is -0.337. The van der Waals surface area contributed by atoms with Crippen molar-refractivity contribution >= 4 is 22.6 Å². The van der Waals surface area contributed by atoms with Crippen LogP contribution in [0.25, 0.3) is 10.8 Å². The summed E-state index contributed by atoms with van der Waals surface area (Å²) in [4.78, 5) is 15.4. The number of carbonyl (C=O) groups is 1. The fourth-order valence-electron chi connectivity index (χ4n) is 2.07. The standard InChI is InChI=1S/C15H18N2O3/c1-2-10(18)7-8-16-14-12-6-4-3-5-11(12)13(9-17-14)15(19)20/h3-6,9-10,18H,2,7-8H2,1H3,(H,16,17)(H,19,20). The first-order valence-corrected chi connectivity index (χ1v) is 6.66. The van der Waals surface area contributed by atoms with Gasteiger partial charge in [0.05, 0.1) is 11.7 Å². The largest absolute Gasteiger partial charge is 0.478 e. The summed E-state index contributed by atoms with van der Waals surface area (Å²) in [6.45, 7) is 2.53. The Balaban J connectivity index is 2.27. The molecule has 1 unspecified atom stereocenters. The molecule has 20 heavy (non-hydrogen) atoms. The predicted octanol–water partition coefficient (Wildman–Crippen LogP) is 2.51. The van der Waals surface area contributed by atoms with Crippen LogP contribution >= 0.6 is 0 Å². The molecule has 1 heterocycles. The van der Waals surface area contributed by atoms with Crippen molar-refractivity contribution in [2.45, 2.75) is 25.9 Å². The van der Waals surface area contributed by atoms with Gasteiger partial charge in [-0.3, -0.25) is 0 Å². The lowest BCUT2D eigenvalue weighted by Gasteiger charge is -2.12. The maximum atomic E-state index is 11.2. The molecule has 0 bridgehead atoms. The minimum atomic E-state index is -0.985. The normalized spacial score (nSPS) is 12.3. The molecular formula is C15H18N2O3. The molecule has 2 rings (SSSR count). The number of aliphatic hydroxyl groups excluding tert-OH is 1. The fourth-order valence-corrected chi connectivity index (χ4v) is 2.07. The molecule has 0 saturated heterocycles. The highest BCUT2D eigenvalue weighted by atomic mass is 16.4. The maximum Gasteiger partial charge on any atom is 0.337 e. The molecule has 5 heteroatoms. The SMILES string of the molecule is CCC(O)CCNc1ncc(C(=O)O)c2ccccc12. The molecule has 0 radical (unpaired) electrons. The Morgan fingerprint density at radius 3 is 2.70 bits per heavy atom. The molecule has 0 aliphatic carbocycles. The van der Waals surface area contributed by atoms with Crippen molar-refractivity contribution < 1.29 is 15.0 Å². The van der Waals surface area contributed by atoms with E-state index < -0.39 is 5.97 Å². The Morgan fingerprint density at radius 1 is 1.35 bits per heavy atom. The smallest absolute Gasteiger partial charge is 0.337 e. The van der Waals surface area contributed by atoms with E-state index in [0.29, 0.717) is 30.6 Å². The number of nitrogens with zero attached hydrogens (tertiary/aromatic N) is 1. The molecule has 0 saturated carbocycles. The van der Waals surface area contributed by atoms with Gasteiger partial charge in [0.25, 0.3) is 0 Å². The quantitative estimate of drug-likeness (QED) is 0.754. The molecule has 1 atom stereocenters. The minimum Gasteiger partial charge on any atom is -0.478 e. The van der Waals surface area contributed by atoms with E-state index in [-0.39, 0.29) is 11.7 Å². The summed E-state index contributed by atoms with van der Waals surface area (Å²) in [6, 6.07) is 7.26. The third-order valence-corrected chi connectivity index (χ3v) is 3.27. The number of nitrogens with one attached hydrogen (secondary N) is 1. The fraction of sp³-hybridized carbons (Fsp3) is 0.333. The van der Waals surface area contributed by atoms with Crippen molar-refractivity contribution in [1.29, 1.82) is 0 Å². The molecule has 0 amide bonds. The molecular weight excluding hydrogens is 256 g/mol. The molecule has 5 nitrogen and oxygen atoms in total. The van der Waals surface area contributed by atoms with E-state index >= 15 is 0 Å². The Kier molecular flexibility index (Phi) is 4.53. The summed E-state index contributed by atoms with van der Waals surface area (Å²) < 4.78 is 0. The van der Waals surface area contributed by atoms with Crippen LogP contribution < -0.4 is 5.32 Å². The second kappa shape index (κ2) is 6.34. The van der Waals surface area contributed by atoms with Crippen molar-refractivity contribution in [2.24, 2.45) is 0 Å². The molecule has 2 aromatic rings. The third kappa shape index (κ3) is 3.05. The van der Waals surface area contributed by atoms with Gasteiger partial charge in [0.1, 0.15) is 5.82 Å². The monoisotopic (exact) mass is 274 g/mol. The molecule has 0 aliphatic rings. The predicted molar refractivity (Wildman–Crippen MR) is 78.1 cm³/mol. The van der Waals surface area contributed by atoms with Crippen molar-refractivity contribution in [1.82, 2.24) is 4.98 Å². The van der Waals surface area contributed by atoms with E-state index in [0.717, 1.165) is 5.39 Å². The zero-order valence-corrected chi connectivity index (χ0v) is 11.3. The van der Waals surface area contributed by atoms with Gasteiger partial charge in [0, 0.05) is 23.5 Å². The highest BCUT2D eigenvalue weighted by molar-refractivity contribution is 6.06. The Hall–Kier alpha value is -2.14. The van der Waals surface area contributed by atoms with Crippen LogP contribution in [-0.2, 0) is 0 Å². The van der Waals surface area contributed by atoms with E-state index in [1.165, 1.54) is 6.20 Å². The zero-order chi connectivity index (χ0) is 14.5. The van der Waals surface area contributed by atoms with Crippen molar-refractivity contribution in [3.8, 4) is 0 Å². The van der Waals surface area contributed by atoms with Crippen LogP contribution in [0.15, 0.2) is 30.5 Å². The van der Waals surface area contributed by atoms with Gasteiger partial charge in [-0.05, 0) is 12.8 Å². The molecule has 0 aliphatic heterocycles. The molecule has 0 fully saturated rings. The number of carboxylic acid groups (broad SMARTS) is 1. The lowest BCUT2D eigenvalue weighted by atomic mass is 10.1. The van der Waals surface area contributed by atoms with E-state index in [2.05, 4.69) is 10.3 Å². The average Bonchev–Trinajstić information content (AvgIpc) is 2.46. The topological polar surface area (TPSA) is 82.5 Å². The molecule has 106 valence electrons. The van der Waals surface area contributed by atoms with Crippen LogP contribution in [0.4, 0.5) is 5.82 Å². The van der Waals surface area contributed by atoms with Gasteiger partial charge in [-0.15, -0.1) is 0 Å². The maximum absolute atomic E-state index is 11.2. The van der Waals surface area contributed by atoms with Crippen molar-refractivity contribution in [2.75, 3.05) is 11.9 Å². The number of benzene rings is 1. The first-order chi connectivity index (χ1) is 9.63. The summed E-state index contributed by atoms with van der Waals surface area (Å²) in [7, 11) is 0. The number of rotatable bonds is 6. The molecule has 1 aromatic heterocycles. The number of aromatic carboxylic acids is 1. The first kappa shape index (κ1) is 14.3. The summed E-state index contributed by atoms with van der Waals surface area (Å²) in [6.07, 6.45) is 2.39. The Bertz CT molecular complexity index is 613. The summed E-state index contributed by atoms with van der Waals surface area (Å²) in [5, 5.41) is 23.3. The summed E-state index contributed by atoms with van der Waals surface area (Å²) in [5.41, 5.74) is 0.194. The Morgan fingerprint density at radius 2 is 2.05 bits per heavy atom. The van der Waals surface area contributed by atoms with Gasteiger partial charge in [-0.2, -0.15) is 0 Å². The van der Waals surface area contributed by atoms with Crippen LogP contribution in [0.3, 0.4) is 0 Å². The Labute approximate surface area is 117 Å². The molecule has 3 N–H and O–H groups in total. The number of carboxylic acids is 1. The molecule has 0 spiro atoms. The second-order valence-electron chi connectivity index (χ2n) is 4.65. The van der Waals surface area contributed by atoms with E-state index in [1.807, 2.05) is 19.1 Å². The number of fused-ring (bicyclic) bond motifs is 1. The first-order valence-electron chi connectivity index (χ1n) is 6.66. The van der Waals surface area contributed by atoms with Gasteiger partial charge < -0.3 is 15.5 Å². The van der Waals surface area contributed by atoms with Gasteiger partial charge in [-0.25, -0.2) is 9.78 Å².